The van der Waals surface area contributed by atoms with Gasteiger partial charge in [-0.2, -0.15) is 0 Å². The minimum Gasteiger partial charge on any atom is -0.478 e. The summed E-state index contributed by atoms with van der Waals surface area (Å²) >= 11 is 0. The first kappa shape index (κ1) is 15.0. The molecule has 110 valence electrons. The zero-order chi connectivity index (χ0) is 15.4. The van der Waals surface area contributed by atoms with Gasteiger partial charge in [-0.3, -0.25) is 4.98 Å². The third-order valence-corrected chi connectivity index (χ3v) is 3.29. The Bertz CT molecular complexity index is 671. The average molecular weight is 288 g/mol. The van der Waals surface area contributed by atoms with Crippen LogP contribution in [0.2, 0.25) is 0 Å². The van der Waals surface area contributed by atoms with Crippen LogP contribution in [0.15, 0.2) is 30.5 Å². The molecular weight excluding hydrogens is 271 g/mol. The lowest BCUT2D eigenvalue weighted by molar-refractivity contribution is 0.0697. The minimum atomic E-state index is -1.01. The van der Waals surface area contributed by atoms with Crippen molar-refractivity contribution in [1.29, 1.82) is 0 Å². The monoisotopic (exact) mass is 288 g/mol. The largest absolute Gasteiger partial charge is 0.478 e. The highest BCUT2D eigenvalue weighted by Gasteiger charge is 2.10. The Labute approximate surface area is 122 Å². The smallest absolute Gasteiger partial charge is 0.339 e. The van der Waals surface area contributed by atoms with Gasteiger partial charge in [0.1, 0.15) is 11.4 Å². The summed E-state index contributed by atoms with van der Waals surface area (Å²) in [6, 6.07) is 6.39. The van der Waals surface area contributed by atoms with Crippen LogP contribution in [-0.2, 0) is 6.42 Å². The summed E-state index contributed by atoms with van der Waals surface area (Å²) in [6.45, 7) is 4.23. The fraction of sp³-hybridized carbons (Fsp3) is 0.250. The van der Waals surface area contributed by atoms with Crippen LogP contribution in [0.25, 0.3) is 0 Å². The van der Waals surface area contributed by atoms with Gasteiger partial charge in [0.2, 0.25) is 0 Å². The number of rotatable bonds is 5. The second kappa shape index (κ2) is 6.35. The van der Waals surface area contributed by atoms with Crippen LogP contribution in [0, 0.1) is 19.7 Å². The molecule has 0 aliphatic rings. The lowest BCUT2D eigenvalue weighted by Crippen LogP contribution is -2.11. The Balaban J connectivity index is 2.06. The van der Waals surface area contributed by atoms with Crippen molar-refractivity contribution in [2.45, 2.75) is 20.3 Å². The Kier molecular flexibility index (Phi) is 4.52. The van der Waals surface area contributed by atoms with E-state index in [2.05, 4.69) is 10.3 Å². The molecule has 0 bridgehead atoms. The van der Waals surface area contributed by atoms with Gasteiger partial charge >= 0.3 is 5.97 Å². The van der Waals surface area contributed by atoms with Crippen molar-refractivity contribution in [2.24, 2.45) is 0 Å². The number of nitrogens with one attached hydrogen (secondary N) is 1. The molecule has 2 rings (SSSR count). The first-order valence-corrected chi connectivity index (χ1v) is 6.66. The predicted octanol–water partition coefficient (Wildman–Crippen LogP) is 3.19. The van der Waals surface area contributed by atoms with Gasteiger partial charge in [0, 0.05) is 18.4 Å². The number of hydrogen-bond donors (Lipinski definition) is 2. The van der Waals surface area contributed by atoms with Crippen LogP contribution >= 0.6 is 0 Å². The summed E-state index contributed by atoms with van der Waals surface area (Å²) in [5.74, 6) is -1.26. The number of pyridine rings is 1. The summed E-state index contributed by atoms with van der Waals surface area (Å²) in [5, 5.41) is 12.2. The minimum absolute atomic E-state index is 0.149. The zero-order valence-electron chi connectivity index (χ0n) is 12.0. The number of halogens is 1. The number of anilines is 1. The third-order valence-electron chi connectivity index (χ3n) is 3.29. The van der Waals surface area contributed by atoms with Crippen LogP contribution in [0.4, 0.5) is 10.1 Å². The molecule has 0 amide bonds. The van der Waals surface area contributed by atoms with E-state index in [0.717, 1.165) is 16.8 Å². The predicted molar refractivity (Wildman–Crippen MR) is 79.3 cm³/mol. The summed E-state index contributed by atoms with van der Waals surface area (Å²) in [6.07, 6.45) is 2.04. The molecule has 0 radical (unpaired) electrons. The molecule has 0 saturated heterocycles. The van der Waals surface area contributed by atoms with Gasteiger partial charge in [-0.05, 0) is 49.6 Å². The summed E-state index contributed by atoms with van der Waals surface area (Å²) in [4.78, 5) is 15.1. The van der Waals surface area contributed by atoms with Crippen molar-refractivity contribution in [3.05, 3.63) is 58.7 Å². The van der Waals surface area contributed by atoms with Crippen molar-refractivity contribution < 1.29 is 14.3 Å². The van der Waals surface area contributed by atoms with E-state index in [9.17, 15) is 9.18 Å². The van der Waals surface area contributed by atoms with Crippen molar-refractivity contribution in [3.63, 3.8) is 0 Å². The Morgan fingerprint density at radius 3 is 2.76 bits per heavy atom. The summed E-state index contributed by atoms with van der Waals surface area (Å²) < 4.78 is 13.0. The van der Waals surface area contributed by atoms with E-state index >= 15 is 0 Å². The van der Waals surface area contributed by atoms with E-state index in [4.69, 9.17) is 5.11 Å². The lowest BCUT2D eigenvalue weighted by atomic mass is 10.1. The molecule has 0 saturated carbocycles. The van der Waals surface area contributed by atoms with Crippen LogP contribution in [-0.4, -0.2) is 22.6 Å². The van der Waals surface area contributed by atoms with E-state index in [1.807, 2.05) is 6.92 Å². The molecule has 4 nitrogen and oxygen atoms in total. The van der Waals surface area contributed by atoms with Crippen LogP contribution in [0.3, 0.4) is 0 Å². The number of aromatic nitrogens is 1. The number of aromatic carboxylic acids is 1. The van der Waals surface area contributed by atoms with Crippen LogP contribution < -0.4 is 5.32 Å². The lowest BCUT2D eigenvalue weighted by Gasteiger charge is -2.11. The maximum absolute atomic E-state index is 13.0. The van der Waals surface area contributed by atoms with Crippen molar-refractivity contribution in [1.82, 2.24) is 4.98 Å². The number of hydrogen-bond acceptors (Lipinski definition) is 3. The SMILES string of the molecule is Cc1cc(NCCc2ccc(F)cc2C)c(C(=O)O)cn1. The van der Waals surface area contributed by atoms with Gasteiger partial charge in [0.25, 0.3) is 0 Å². The average Bonchev–Trinajstić information content (AvgIpc) is 2.41. The van der Waals surface area contributed by atoms with E-state index in [-0.39, 0.29) is 11.4 Å². The number of carboxylic acids is 1. The molecule has 0 fully saturated rings. The van der Waals surface area contributed by atoms with E-state index in [1.54, 1.807) is 19.1 Å². The fourth-order valence-electron chi connectivity index (χ4n) is 2.15. The molecule has 2 aromatic rings. The van der Waals surface area contributed by atoms with Crippen molar-refractivity contribution in [3.8, 4) is 0 Å². The molecule has 5 heteroatoms. The van der Waals surface area contributed by atoms with Gasteiger partial charge in [0.05, 0.1) is 5.69 Å². The molecule has 21 heavy (non-hydrogen) atoms. The second-order valence-corrected chi connectivity index (χ2v) is 4.92. The Morgan fingerprint density at radius 2 is 2.10 bits per heavy atom. The first-order chi connectivity index (χ1) is 9.97. The normalized spacial score (nSPS) is 10.4. The number of carboxylic acid groups (broad SMARTS) is 1. The molecule has 0 aliphatic heterocycles. The van der Waals surface area contributed by atoms with Gasteiger partial charge in [0.15, 0.2) is 0 Å². The van der Waals surface area contributed by atoms with Crippen LogP contribution in [0.1, 0.15) is 27.2 Å². The molecule has 1 aromatic carbocycles. The zero-order valence-corrected chi connectivity index (χ0v) is 12.0. The molecule has 1 aromatic heterocycles. The highest BCUT2D eigenvalue weighted by atomic mass is 19.1. The highest BCUT2D eigenvalue weighted by molar-refractivity contribution is 5.93. The number of benzene rings is 1. The van der Waals surface area contributed by atoms with Crippen molar-refractivity contribution >= 4 is 11.7 Å². The molecule has 0 atom stereocenters. The Hall–Kier alpha value is -2.43. The third kappa shape index (κ3) is 3.78. The molecule has 2 N–H and O–H groups in total. The van der Waals surface area contributed by atoms with Gasteiger partial charge in [-0.1, -0.05) is 6.07 Å². The maximum Gasteiger partial charge on any atom is 0.339 e. The summed E-state index contributed by atoms with van der Waals surface area (Å²) in [5.41, 5.74) is 3.37. The topological polar surface area (TPSA) is 62.2 Å². The molecular formula is C16H17FN2O2. The van der Waals surface area contributed by atoms with Gasteiger partial charge < -0.3 is 10.4 Å². The van der Waals surface area contributed by atoms with Gasteiger partial charge in [-0.15, -0.1) is 0 Å². The number of carbonyl (C=O) groups is 1. The quantitative estimate of drug-likeness (QED) is 0.887. The molecule has 1 heterocycles. The highest BCUT2D eigenvalue weighted by Crippen LogP contribution is 2.16. The number of nitrogens with zero attached hydrogens (tertiary/aromatic N) is 1. The van der Waals surface area contributed by atoms with E-state index in [0.29, 0.717) is 18.7 Å². The van der Waals surface area contributed by atoms with E-state index < -0.39 is 5.97 Å². The first-order valence-electron chi connectivity index (χ1n) is 6.66. The number of aryl methyl sites for hydroxylation is 2. The fourth-order valence-corrected chi connectivity index (χ4v) is 2.15. The second-order valence-electron chi connectivity index (χ2n) is 4.92. The molecule has 0 aliphatic carbocycles. The molecule has 0 unspecified atom stereocenters. The molecule has 0 spiro atoms. The van der Waals surface area contributed by atoms with Gasteiger partial charge in [-0.25, -0.2) is 9.18 Å². The van der Waals surface area contributed by atoms with Crippen LogP contribution in [0.5, 0.6) is 0 Å². The van der Waals surface area contributed by atoms with E-state index in [1.165, 1.54) is 18.3 Å². The van der Waals surface area contributed by atoms with Crippen molar-refractivity contribution in [2.75, 3.05) is 11.9 Å². The standard InChI is InChI=1S/C16H17FN2O2/c1-10-7-13(17)4-3-12(10)5-6-18-15-8-11(2)19-9-14(15)16(20)21/h3-4,7-9H,5-6H2,1-2H3,(H,18,19)(H,20,21). The maximum atomic E-state index is 13.0. The Morgan fingerprint density at radius 1 is 1.33 bits per heavy atom. The summed E-state index contributed by atoms with van der Waals surface area (Å²) in [7, 11) is 0.